The molecule has 3 aromatic rings. The van der Waals surface area contributed by atoms with E-state index in [0.29, 0.717) is 31.0 Å². The third-order valence-electron chi connectivity index (χ3n) is 6.49. The van der Waals surface area contributed by atoms with E-state index in [9.17, 15) is 9.59 Å². The molecule has 2 aromatic heterocycles. The third kappa shape index (κ3) is 4.61. The topological polar surface area (TPSA) is 116 Å². The minimum Gasteiger partial charge on any atom is -0.465 e. The minimum absolute atomic E-state index is 0.143. The van der Waals surface area contributed by atoms with Crippen LogP contribution in [0.2, 0.25) is 0 Å². The highest BCUT2D eigenvalue weighted by Crippen LogP contribution is 2.33. The Morgan fingerprint density at radius 2 is 1.91 bits per heavy atom. The van der Waals surface area contributed by atoms with Crippen LogP contribution < -0.4 is 20.4 Å². The second-order valence-electron chi connectivity index (χ2n) is 8.99. The number of rotatable bonds is 5. The Balaban J connectivity index is 1.38. The molecule has 0 spiro atoms. The number of piperidine rings is 1. The number of aromatic nitrogens is 3. The highest BCUT2D eigenvalue weighted by Gasteiger charge is 2.25. The second kappa shape index (κ2) is 9.20. The first-order valence-corrected chi connectivity index (χ1v) is 11.7. The molecule has 3 N–H and O–H groups in total. The second-order valence-corrected chi connectivity index (χ2v) is 8.99. The Kier molecular flexibility index (Phi) is 5.95. The van der Waals surface area contributed by atoms with Gasteiger partial charge >= 0.3 is 6.09 Å². The van der Waals surface area contributed by atoms with E-state index in [1.54, 1.807) is 10.7 Å². The largest absolute Gasteiger partial charge is 0.465 e. The molecule has 2 aliphatic rings. The fourth-order valence-electron chi connectivity index (χ4n) is 4.85. The normalized spacial score (nSPS) is 18.3. The summed E-state index contributed by atoms with van der Waals surface area (Å²) in [6, 6.07) is 9.25. The highest BCUT2D eigenvalue weighted by molar-refractivity contribution is 6.06. The molecule has 2 amide bonds. The molecule has 0 radical (unpaired) electrons. The summed E-state index contributed by atoms with van der Waals surface area (Å²) >= 11 is 0. The maximum Gasteiger partial charge on any atom is 0.404 e. The molecule has 10 heteroatoms. The van der Waals surface area contributed by atoms with Crippen LogP contribution in [-0.2, 0) is 7.05 Å². The van der Waals surface area contributed by atoms with Crippen LogP contribution in [0.15, 0.2) is 36.5 Å². The van der Waals surface area contributed by atoms with Gasteiger partial charge in [-0.2, -0.15) is 5.10 Å². The number of pyridine rings is 1. The molecule has 5 rings (SSSR count). The van der Waals surface area contributed by atoms with Gasteiger partial charge in [0.25, 0.3) is 5.91 Å². The summed E-state index contributed by atoms with van der Waals surface area (Å²) in [4.78, 5) is 33.1. The smallest absolute Gasteiger partial charge is 0.404 e. The van der Waals surface area contributed by atoms with Gasteiger partial charge in [0.05, 0.1) is 22.9 Å². The van der Waals surface area contributed by atoms with Crippen LogP contribution in [-0.4, -0.2) is 64.1 Å². The Morgan fingerprint density at radius 3 is 2.71 bits per heavy atom. The number of aryl methyl sites for hydroxylation is 1. The van der Waals surface area contributed by atoms with Crippen LogP contribution in [0.4, 0.5) is 22.0 Å². The molecule has 2 saturated heterocycles. The highest BCUT2D eigenvalue weighted by atomic mass is 16.4. The first kappa shape index (κ1) is 22.0. The number of carbonyl (C=O) groups excluding carboxylic acids is 1. The van der Waals surface area contributed by atoms with Crippen molar-refractivity contribution in [2.24, 2.45) is 7.05 Å². The summed E-state index contributed by atoms with van der Waals surface area (Å²) in [5.74, 6) is 0.393. The van der Waals surface area contributed by atoms with Crippen molar-refractivity contribution in [1.82, 2.24) is 20.1 Å². The van der Waals surface area contributed by atoms with E-state index < -0.39 is 6.09 Å². The van der Waals surface area contributed by atoms with Crippen molar-refractivity contribution in [3.8, 4) is 0 Å². The van der Waals surface area contributed by atoms with Crippen molar-refractivity contribution in [3.05, 3.63) is 42.2 Å². The van der Waals surface area contributed by atoms with Crippen LogP contribution in [0.3, 0.4) is 0 Å². The van der Waals surface area contributed by atoms with Gasteiger partial charge < -0.3 is 25.5 Å². The number of carbonyl (C=O) groups is 2. The molecule has 10 nitrogen and oxygen atoms in total. The number of nitrogens with one attached hydrogen (secondary N) is 2. The quantitative estimate of drug-likeness (QED) is 0.533. The zero-order valence-corrected chi connectivity index (χ0v) is 19.2. The Morgan fingerprint density at radius 1 is 1.09 bits per heavy atom. The van der Waals surface area contributed by atoms with Gasteiger partial charge in [-0.15, -0.1) is 0 Å². The summed E-state index contributed by atoms with van der Waals surface area (Å²) < 4.78 is 1.78. The van der Waals surface area contributed by atoms with Gasteiger partial charge in [-0.1, -0.05) is 6.07 Å². The fraction of sp³-hybridized carbons (Fsp3) is 0.417. The van der Waals surface area contributed by atoms with Crippen LogP contribution in [0, 0.1) is 0 Å². The zero-order chi connectivity index (χ0) is 23.7. The predicted molar refractivity (Wildman–Crippen MR) is 131 cm³/mol. The van der Waals surface area contributed by atoms with Gasteiger partial charge in [-0.05, 0) is 49.9 Å². The molecule has 0 bridgehead atoms. The van der Waals surface area contributed by atoms with Gasteiger partial charge in [0.1, 0.15) is 11.5 Å². The number of hydrogen-bond acceptors (Lipinski definition) is 6. The molecule has 1 aromatic carbocycles. The first-order valence-electron chi connectivity index (χ1n) is 11.7. The van der Waals surface area contributed by atoms with Crippen LogP contribution in [0.1, 0.15) is 36.2 Å². The molecule has 178 valence electrons. The molecule has 2 aliphatic heterocycles. The lowest BCUT2D eigenvalue weighted by atomic mass is 10.1. The van der Waals surface area contributed by atoms with Gasteiger partial charge in [0, 0.05) is 44.8 Å². The minimum atomic E-state index is -1.02. The molecule has 34 heavy (non-hydrogen) atoms. The van der Waals surface area contributed by atoms with Gasteiger partial charge in [-0.25, -0.2) is 9.78 Å². The lowest BCUT2D eigenvalue weighted by Gasteiger charge is -2.30. The van der Waals surface area contributed by atoms with Crippen LogP contribution in [0.25, 0.3) is 10.9 Å². The molecular weight excluding hydrogens is 434 g/mol. The third-order valence-corrected chi connectivity index (χ3v) is 6.49. The maximum atomic E-state index is 13.2. The number of anilines is 3. The SMILES string of the molecule is Cn1cc2cc(NC(=O)c3cccc(N4CCC(NC(=O)O)C4)n3)c(N3CCCCC3)cc2n1. The van der Waals surface area contributed by atoms with Crippen molar-refractivity contribution in [1.29, 1.82) is 0 Å². The summed E-state index contributed by atoms with van der Waals surface area (Å²) in [6.07, 6.45) is 5.10. The maximum absolute atomic E-state index is 13.2. The van der Waals surface area contributed by atoms with E-state index in [2.05, 4.69) is 31.7 Å². The number of benzene rings is 1. The summed E-state index contributed by atoms with van der Waals surface area (Å²) in [6.45, 7) is 3.12. The molecule has 4 heterocycles. The van der Waals surface area contributed by atoms with Crippen molar-refractivity contribution in [3.63, 3.8) is 0 Å². The summed E-state index contributed by atoms with van der Waals surface area (Å²) in [7, 11) is 1.89. The number of amides is 2. The van der Waals surface area contributed by atoms with E-state index in [0.717, 1.165) is 48.2 Å². The number of carboxylic acid groups (broad SMARTS) is 1. The van der Waals surface area contributed by atoms with E-state index in [4.69, 9.17) is 5.11 Å². The number of nitrogens with zero attached hydrogens (tertiary/aromatic N) is 5. The molecule has 0 aliphatic carbocycles. The van der Waals surface area contributed by atoms with E-state index in [-0.39, 0.29) is 11.9 Å². The van der Waals surface area contributed by atoms with E-state index >= 15 is 0 Å². The van der Waals surface area contributed by atoms with Crippen LogP contribution >= 0.6 is 0 Å². The Labute approximate surface area is 197 Å². The number of fused-ring (bicyclic) bond motifs is 1. The number of hydrogen-bond donors (Lipinski definition) is 3. The van der Waals surface area contributed by atoms with E-state index in [1.807, 2.05) is 36.3 Å². The van der Waals surface area contributed by atoms with Crippen molar-refractivity contribution in [2.45, 2.75) is 31.7 Å². The van der Waals surface area contributed by atoms with Crippen molar-refractivity contribution < 1.29 is 14.7 Å². The molecular formula is C24H29N7O3. The molecule has 1 unspecified atom stereocenters. The van der Waals surface area contributed by atoms with Crippen molar-refractivity contribution >= 4 is 40.1 Å². The standard InChI is InChI=1S/C24H29N7O3/c1-29-14-16-12-20(21(13-19(16)28-29)30-9-3-2-4-10-30)27-23(32)18-6-5-7-22(26-18)31-11-8-17(15-31)25-24(33)34/h5-7,12-14,17,25H,2-4,8-11,15H2,1H3,(H,27,32)(H,33,34). The van der Waals surface area contributed by atoms with Gasteiger partial charge in [0.2, 0.25) is 0 Å². The molecule has 2 fully saturated rings. The van der Waals surface area contributed by atoms with Crippen molar-refractivity contribution in [2.75, 3.05) is 41.3 Å². The summed E-state index contributed by atoms with van der Waals surface area (Å²) in [5.41, 5.74) is 2.96. The lowest BCUT2D eigenvalue weighted by molar-refractivity contribution is 0.102. The Bertz CT molecular complexity index is 1220. The predicted octanol–water partition coefficient (Wildman–Crippen LogP) is 3.06. The molecule has 1 atom stereocenters. The fourth-order valence-corrected chi connectivity index (χ4v) is 4.85. The zero-order valence-electron chi connectivity index (χ0n) is 19.2. The molecule has 0 saturated carbocycles. The Hall–Kier alpha value is -3.82. The van der Waals surface area contributed by atoms with E-state index in [1.165, 1.54) is 6.42 Å². The first-order chi connectivity index (χ1) is 16.5. The average molecular weight is 464 g/mol. The average Bonchev–Trinajstić information content (AvgIpc) is 3.44. The monoisotopic (exact) mass is 463 g/mol. The van der Waals surface area contributed by atoms with Gasteiger partial charge in [-0.3, -0.25) is 9.48 Å². The van der Waals surface area contributed by atoms with Gasteiger partial charge in [0.15, 0.2) is 0 Å². The van der Waals surface area contributed by atoms with Crippen LogP contribution in [0.5, 0.6) is 0 Å². The lowest BCUT2D eigenvalue weighted by Crippen LogP contribution is -2.36. The summed E-state index contributed by atoms with van der Waals surface area (Å²) in [5, 5.41) is 20.1.